The molecule has 32 heteroatoms. The van der Waals surface area contributed by atoms with E-state index < -0.39 is 89.4 Å². The van der Waals surface area contributed by atoms with Gasteiger partial charge in [0.2, 0.25) is 23.5 Å². The highest BCUT2D eigenvalue weighted by Crippen LogP contribution is 2.62. The topological polar surface area (TPSA) is 288 Å². The molecule has 2 aliphatic carbocycles. The molecule has 2 saturated carbocycles. The molecule has 0 radical (unpaired) electrons. The predicted molar refractivity (Wildman–Crippen MR) is 252 cm³/mol. The summed E-state index contributed by atoms with van der Waals surface area (Å²) in [6, 6.07) is 0. The molecule has 74 heavy (non-hydrogen) atoms. The number of hydrogen-bond acceptors (Lipinski definition) is 22. The summed E-state index contributed by atoms with van der Waals surface area (Å²) in [6.07, 6.45) is 5.52. The molecule has 8 rings (SSSR count). The number of alkyl halides is 4. The largest absolute Gasteiger partial charge is 0.479 e. The Kier molecular flexibility index (Phi) is 16.3. The smallest absolute Gasteiger partial charge is 0.261 e. The number of rotatable bonds is 20. The van der Waals surface area contributed by atoms with E-state index in [4.69, 9.17) is 51.6 Å². The summed E-state index contributed by atoms with van der Waals surface area (Å²) in [5.74, 6) is -12.8. The normalized spacial score (nSPS) is 20.3. The van der Waals surface area contributed by atoms with Gasteiger partial charge in [0.25, 0.3) is 11.8 Å². The number of aromatic nitrogens is 14. The van der Waals surface area contributed by atoms with Gasteiger partial charge in [-0.05, 0) is 13.8 Å². The molecule has 400 valence electrons. The Balaban J connectivity index is 0.000000216. The second-order valence-electron chi connectivity index (χ2n) is 16.8. The van der Waals surface area contributed by atoms with Crippen LogP contribution in [-0.2, 0) is 40.7 Å². The number of sulfone groups is 2. The lowest BCUT2D eigenvalue weighted by Gasteiger charge is -2.22. The van der Waals surface area contributed by atoms with Crippen molar-refractivity contribution in [3.63, 3.8) is 0 Å². The van der Waals surface area contributed by atoms with E-state index in [1.54, 1.807) is 0 Å². The van der Waals surface area contributed by atoms with Crippen molar-refractivity contribution >= 4 is 42.9 Å². The van der Waals surface area contributed by atoms with Crippen LogP contribution in [0.1, 0.15) is 86.7 Å². The zero-order valence-corrected chi connectivity index (χ0v) is 44.1. The SMILES string of the molecule is COc1ncnc(OC)c1-n1c(CS(=O)(=O)[C@@H](C)[C@H](OC)c2ncc(Cl)cn2)nnc1[C@@H]1[C@@H](C)C1(F)F.COc1ncnc(OC)c1-n1c(CS(=O)(=O)[C@@H](C)[C@H](OC)c2ncc(Cl)cn2)nnc1[C@H]1[C@H](C)C1(F)F. The molecule has 6 aromatic rings. The Morgan fingerprint density at radius 3 is 1.07 bits per heavy atom. The van der Waals surface area contributed by atoms with E-state index in [9.17, 15) is 34.4 Å². The van der Waals surface area contributed by atoms with E-state index in [1.807, 2.05) is 0 Å². The lowest BCUT2D eigenvalue weighted by atomic mass is 10.2. The van der Waals surface area contributed by atoms with Crippen molar-refractivity contribution in [3.8, 4) is 34.9 Å². The van der Waals surface area contributed by atoms with Crippen molar-refractivity contribution < 1.29 is 62.8 Å². The second-order valence-corrected chi connectivity index (χ2v) is 22.4. The maximum Gasteiger partial charge on any atom is 0.261 e. The standard InChI is InChI=1S/2C21H24ClF2N7O5S/c2*1-10-14(21(10,23)24)18-30-29-13(31(18)15-19(35-4)27-9-28-20(15)36-5)8-37(32,33)11(2)16(34-3)17-25-6-12(22)7-26-17/h2*6-7,9-11,14,16H,8H2,1-5H3/t10-,11+,14+,16+;10-,11-,14+,16-/m10/s1. The quantitative estimate of drug-likeness (QED) is 0.0892. The average molecular weight is 1120 g/mol. The number of hydrogen-bond donors (Lipinski definition) is 0. The number of nitrogens with zero attached hydrogens (tertiary/aromatic N) is 14. The van der Waals surface area contributed by atoms with Crippen LogP contribution in [0.25, 0.3) is 11.4 Å². The Morgan fingerprint density at radius 2 is 0.824 bits per heavy atom. The Bertz CT molecular complexity index is 2950. The third-order valence-corrected chi connectivity index (χ3v) is 17.0. The molecular weight excluding hydrogens is 1070 g/mol. The van der Waals surface area contributed by atoms with Crippen LogP contribution in [0.3, 0.4) is 0 Å². The number of methoxy groups -OCH3 is 6. The molecule has 2 fully saturated rings. The van der Waals surface area contributed by atoms with Crippen LogP contribution < -0.4 is 18.9 Å². The minimum Gasteiger partial charge on any atom is -0.479 e. The van der Waals surface area contributed by atoms with Gasteiger partial charge >= 0.3 is 0 Å². The summed E-state index contributed by atoms with van der Waals surface area (Å²) in [4.78, 5) is 32.4. The fourth-order valence-corrected chi connectivity index (χ4v) is 11.1. The maximum absolute atomic E-state index is 14.4. The first kappa shape index (κ1) is 55.7. The van der Waals surface area contributed by atoms with E-state index in [2.05, 4.69) is 60.3 Å². The van der Waals surface area contributed by atoms with Gasteiger partial charge < -0.3 is 28.4 Å². The zero-order chi connectivity index (χ0) is 54.2. The molecule has 6 heterocycles. The molecule has 0 N–H and O–H groups in total. The van der Waals surface area contributed by atoms with Crippen molar-refractivity contribution in [2.45, 2.75) is 85.6 Å². The van der Waals surface area contributed by atoms with E-state index in [0.717, 1.165) is 12.7 Å². The molecule has 2 aliphatic rings. The van der Waals surface area contributed by atoms with Crippen molar-refractivity contribution in [2.75, 3.05) is 42.7 Å². The van der Waals surface area contributed by atoms with Gasteiger partial charge in [0.1, 0.15) is 48.0 Å². The molecule has 0 unspecified atom stereocenters. The molecule has 0 amide bonds. The fraction of sp³-hybridized carbons (Fsp3) is 0.524. The first-order valence-electron chi connectivity index (χ1n) is 21.9. The molecule has 8 atom stereocenters. The summed E-state index contributed by atoms with van der Waals surface area (Å²) in [5, 5.41) is 14.1. The van der Waals surface area contributed by atoms with Crippen molar-refractivity contribution in [1.82, 2.24) is 69.4 Å². The highest BCUT2D eigenvalue weighted by atomic mass is 35.5. The Morgan fingerprint density at radius 1 is 0.541 bits per heavy atom. The number of ether oxygens (including phenoxy) is 6. The van der Waals surface area contributed by atoms with Gasteiger partial charge in [-0.2, -0.15) is 19.9 Å². The molecule has 0 bridgehead atoms. The average Bonchev–Trinajstić information content (AvgIpc) is 3.78. The van der Waals surface area contributed by atoms with Gasteiger partial charge in [-0.25, -0.2) is 54.3 Å². The highest BCUT2D eigenvalue weighted by molar-refractivity contribution is 7.91. The first-order chi connectivity index (χ1) is 34.9. The fourth-order valence-electron chi connectivity index (χ4n) is 8.12. The first-order valence-corrected chi connectivity index (χ1v) is 26.1. The van der Waals surface area contributed by atoms with Crippen LogP contribution in [0, 0.1) is 11.8 Å². The predicted octanol–water partition coefficient (Wildman–Crippen LogP) is 5.16. The summed E-state index contributed by atoms with van der Waals surface area (Å²) < 4.78 is 146. The molecule has 0 aromatic carbocycles. The van der Waals surface area contributed by atoms with Crippen LogP contribution in [0.15, 0.2) is 37.4 Å². The van der Waals surface area contributed by atoms with Gasteiger partial charge in [0, 0.05) is 50.8 Å². The van der Waals surface area contributed by atoms with Crippen LogP contribution in [0.4, 0.5) is 17.6 Å². The lowest BCUT2D eigenvalue weighted by molar-refractivity contribution is 0.0945. The van der Waals surface area contributed by atoms with Gasteiger partial charge in [0.05, 0.1) is 60.8 Å². The molecule has 24 nitrogen and oxygen atoms in total. The summed E-state index contributed by atoms with van der Waals surface area (Å²) in [5.41, 5.74) is 0.00848. The second kappa shape index (κ2) is 21.6. The van der Waals surface area contributed by atoms with Crippen molar-refractivity contribution in [2.24, 2.45) is 11.8 Å². The van der Waals surface area contributed by atoms with Crippen molar-refractivity contribution in [1.29, 1.82) is 0 Å². The van der Waals surface area contributed by atoms with E-state index in [-0.39, 0.29) is 79.9 Å². The minimum absolute atomic E-state index is 0.00424. The van der Waals surface area contributed by atoms with Crippen LogP contribution >= 0.6 is 23.2 Å². The highest BCUT2D eigenvalue weighted by Gasteiger charge is 2.69. The molecule has 0 aliphatic heterocycles. The summed E-state index contributed by atoms with van der Waals surface area (Å²) in [6.45, 7) is 5.58. The summed E-state index contributed by atoms with van der Waals surface area (Å²) in [7, 11) is -0.204. The molecule has 0 spiro atoms. The van der Waals surface area contributed by atoms with Crippen molar-refractivity contribution in [3.05, 3.63) is 82.4 Å². The third kappa shape index (κ3) is 10.6. The van der Waals surface area contributed by atoms with E-state index >= 15 is 0 Å². The van der Waals surface area contributed by atoms with Crippen LogP contribution in [0.5, 0.6) is 23.5 Å². The zero-order valence-electron chi connectivity index (χ0n) is 40.9. The third-order valence-electron chi connectivity index (χ3n) is 12.6. The molecule has 6 aromatic heterocycles. The summed E-state index contributed by atoms with van der Waals surface area (Å²) >= 11 is 11.7. The minimum atomic E-state index is -4.06. The Labute approximate surface area is 430 Å². The molecule has 0 saturated heterocycles. The lowest BCUT2D eigenvalue weighted by Crippen LogP contribution is -2.30. The van der Waals surface area contributed by atoms with E-state index in [1.165, 1.54) is 104 Å². The van der Waals surface area contributed by atoms with Crippen LogP contribution in [-0.4, -0.2) is 151 Å². The monoisotopic (exact) mass is 1120 g/mol. The van der Waals surface area contributed by atoms with Crippen LogP contribution in [0.2, 0.25) is 10.0 Å². The molecular formula is C42H48Cl2F4N14O10S2. The van der Waals surface area contributed by atoms with E-state index in [0.29, 0.717) is 0 Å². The number of halogens is 6. The Hall–Kier alpha value is -6.08. The van der Waals surface area contributed by atoms with Gasteiger partial charge in [0.15, 0.2) is 54.3 Å². The van der Waals surface area contributed by atoms with Gasteiger partial charge in [-0.15, -0.1) is 20.4 Å². The van der Waals surface area contributed by atoms with Gasteiger partial charge in [-0.3, -0.25) is 9.13 Å². The van der Waals surface area contributed by atoms with Gasteiger partial charge in [-0.1, -0.05) is 37.0 Å². The maximum atomic E-state index is 14.4.